The van der Waals surface area contributed by atoms with Crippen LogP contribution in [0.1, 0.15) is 56.1 Å². The largest absolute Gasteiger partial charge is 0.381 e. The zero-order valence-electron chi connectivity index (χ0n) is 23.2. The molecular weight excluding hydrogens is 460 g/mol. The topological polar surface area (TPSA) is 48.9 Å². The van der Waals surface area contributed by atoms with Crippen LogP contribution in [0.15, 0.2) is 42.6 Å². The summed E-state index contributed by atoms with van der Waals surface area (Å²) in [4.78, 5) is 25.1. The van der Waals surface area contributed by atoms with Crippen molar-refractivity contribution in [2.75, 3.05) is 62.1 Å². The van der Waals surface area contributed by atoms with Gasteiger partial charge in [0.25, 0.3) is 0 Å². The summed E-state index contributed by atoms with van der Waals surface area (Å²) in [5, 5.41) is 0. The summed E-state index contributed by atoms with van der Waals surface area (Å²) >= 11 is 0. The third kappa shape index (κ3) is 7.35. The van der Waals surface area contributed by atoms with Crippen molar-refractivity contribution in [2.45, 2.75) is 51.9 Å². The maximum absolute atomic E-state index is 13.9. The average Bonchev–Trinajstić information content (AvgIpc) is 2.92. The van der Waals surface area contributed by atoms with E-state index >= 15 is 0 Å². The van der Waals surface area contributed by atoms with Gasteiger partial charge in [0.05, 0.1) is 18.5 Å². The van der Waals surface area contributed by atoms with Crippen molar-refractivity contribution < 1.29 is 9.53 Å². The van der Waals surface area contributed by atoms with Crippen LogP contribution in [0.5, 0.6) is 0 Å². The zero-order chi connectivity index (χ0) is 26.2. The van der Waals surface area contributed by atoms with Gasteiger partial charge in [-0.3, -0.25) is 4.79 Å². The van der Waals surface area contributed by atoms with E-state index in [2.05, 4.69) is 58.1 Å². The Hall–Kier alpha value is -2.86. The van der Waals surface area contributed by atoms with E-state index in [4.69, 9.17) is 4.74 Å². The van der Waals surface area contributed by atoms with Crippen LogP contribution >= 0.6 is 0 Å². The second-order valence-electron chi connectivity index (χ2n) is 10.9. The zero-order valence-corrected chi connectivity index (χ0v) is 23.2. The normalized spacial score (nSPS) is 17.4. The van der Waals surface area contributed by atoms with Gasteiger partial charge in [-0.2, -0.15) is 0 Å². The van der Waals surface area contributed by atoms with Crippen LogP contribution in [-0.2, 0) is 9.53 Å². The Kier molecular flexibility index (Phi) is 9.62. The standard InChI is InChI=1S/C31H44N4O2/c1-24-19-26(9-8-18-37-4)21-29(20-24)35(31(36)27-10-6-5-7-11-27)23-25-14-16-34(17-15-25)28-12-13-30(32-22-28)33(2)3/h8-9,12-13,19-22,25,27H,5-7,10-11,14-18,23H2,1-4H3/b9-8+. The summed E-state index contributed by atoms with van der Waals surface area (Å²) in [6.45, 7) is 5.50. The number of pyridine rings is 1. The first-order valence-corrected chi connectivity index (χ1v) is 13.9. The molecule has 6 heteroatoms. The first-order valence-electron chi connectivity index (χ1n) is 13.9. The highest BCUT2D eigenvalue weighted by Crippen LogP contribution is 2.31. The summed E-state index contributed by atoms with van der Waals surface area (Å²) in [5.41, 5.74) is 4.53. The molecule has 0 unspecified atom stereocenters. The van der Waals surface area contributed by atoms with Gasteiger partial charge in [-0.15, -0.1) is 0 Å². The molecule has 1 aromatic carbocycles. The number of aryl methyl sites for hydroxylation is 1. The van der Waals surface area contributed by atoms with E-state index in [1.807, 2.05) is 31.3 Å². The number of anilines is 3. The third-order valence-corrected chi connectivity index (χ3v) is 7.80. The van der Waals surface area contributed by atoms with Crippen LogP contribution in [-0.4, -0.2) is 58.3 Å². The molecule has 200 valence electrons. The molecule has 37 heavy (non-hydrogen) atoms. The minimum absolute atomic E-state index is 0.156. The molecule has 1 amide bonds. The quantitative estimate of drug-likeness (QED) is 0.423. The molecule has 1 saturated carbocycles. The lowest BCUT2D eigenvalue weighted by molar-refractivity contribution is -0.123. The van der Waals surface area contributed by atoms with E-state index in [0.29, 0.717) is 18.4 Å². The van der Waals surface area contributed by atoms with Crippen LogP contribution < -0.4 is 14.7 Å². The number of amides is 1. The predicted molar refractivity (Wildman–Crippen MR) is 155 cm³/mol. The first-order chi connectivity index (χ1) is 17.9. The summed E-state index contributed by atoms with van der Waals surface area (Å²) in [6.07, 6.45) is 13.9. The van der Waals surface area contributed by atoms with Crippen molar-refractivity contribution in [1.82, 2.24) is 4.98 Å². The molecule has 2 fully saturated rings. The number of methoxy groups -OCH3 is 1. The van der Waals surface area contributed by atoms with Gasteiger partial charge in [0.2, 0.25) is 5.91 Å². The molecule has 2 aromatic rings. The molecular formula is C31H44N4O2. The number of carbonyl (C=O) groups is 1. The summed E-state index contributed by atoms with van der Waals surface area (Å²) in [5.74, 6) is 1.95. The fraction of sp³-hybridized carbons (Fsp3) is 0.548. The minimum atomic E-state index is 0.156. The van der Waals surface area contributed by atoms with Gasteiger partial charge in [-0.1, -0.05) is 37.5 Å². The molecule has 0 atom stereocenters. The highest BCUT2D eigenvalue weighted by molar-refractivity contribution is 5.95. The van der Waals surface area contributed by atoms with Gasteiger partial charge in [0, 0.05) is 52.4 Å². The highest BCUT2D eigenvalue weighted by Gasteiger charge is 2.30. The number of aromatic nitrogens is 1. The van der Waals surface area contributed by atoms with Gasteiger partial charge >= 0.3 is 0 Å². The molecule has 0 spiro atoms. The molecule has 1 aliphatic heterocycles. The van der Waals surface area contributed by atoms with Crippen molar-refractivity contribution in [3.8, 4) is 0 Å². The molecule has 1 aromatic heterocycles. The van der Waals surface area contributed by atoms with Gasteiger partial charge in [-0.05, 0) is 73.9 Å². The smallest absolute Gasteiger partial charge is 0.230 e. The van der Waals surface area contributed by atoms with Gasteiger partial charge in [0.15, 0.2) is 0 Å². The fourth-order valence-corrected chi connectivity index (χ4v) is 5.68. The van der Waals surface area contributed by atoms with Gasteiger partial charge < -0.3 is 19.4 Å². The number of ether oxygens (including phenoxy) is 1. The average molecular weight is 505 g/mol. The molecule has 0 N–H and O–H groups in total. The minimum Gasteiger partial charge on any atom is -0.381 e. The molecule has 2 aliphatic rings. The van der Waals surface area contributed by atoms with E-state index in [0.717, 1.165) is 62.4 Å². The molecule has 4 rings (SSSR count). The van der Waals surface area contributed by atoms with E-state index in [1.165, 1.54) is 30.5 Å². The summed E-state index contributed by atoms with van der Waals surface area (Å²) in [7, 11) is 5.74. The number of rotatable bonds is 9. The van der Waals surface area contributed by atoms with Crippen LogP contribution in [0.3, 0.4) is 0 Å². The van der Waals surface area contributed by atoms with Crippen molar-refractivity contribution >= 4 is 29.2 Å². The van der Waals surface area contributed by atoms with E-state index < -0.39 is 0 Å². The number of benzene rings is 1. The fourth-order valence-electron chi connectivity index (χ4n) is 5.68. The van der Waals surface area contributed by atoms with Crippen molar-refractivity contribution in [3.63, 3.8) is 0 Å². The van der Waals surface area contributed by atoms with E-state index in [9.17, 15) is 4.79 Å². The van der Waals surface area contributed by atoms with Gasteiger partial charge in [0.1, 0.15) is 5.82 Å². The molecule has 1 aliphatic carbocycles. The maximum Gasteiger partial charge on any atom is 0.230 e. The number of nitrogens with zero attached hydrogens (tertiary/aromatic N) is 4. The Labute approximate surface area is 223 Å². The Morgan fingerprint density at radius 1 is 1.08 bits per heavy atom. The van der Waals surface area contributed by atoms with E-state index in [1.54, 1.807) is 7.11 Å². The van der Waals surface area contributed by atoms with Crippen molar-refractivity contribution in [3.05, 3.63) is 53.7 Å². The number of carbonyl (C=O) groups excluding carboxylic acids is 1. The number of hydrogen-bond donors (Lipinski definition) is 0. The Bertz CT molecular complexity index is 1040. The van der Waals surface area contributed by atoms with Crippen LogP contribution in [0.2, 0.25) is 0 Å². The summed E-state index contributed by atoms with van der Waals surface area (Å²) < 4.78 is 5.19. The van der Waals surface area contributed by atoms with Crippen LogP contribution in [0, 0.1) is 18.8 Å². The SMILES string of the molecule is COC/C=C/c1cc(C)cc(N(CC2CCN(c3ccc(N(C)C)nc3)CC2)C(=O)C2CCCCC2)c1. The monoisotopic (exact) mass is 504 g/mol. The molecule has 0 bridgehead atoms. The number of piperidine rings is 1. The molecule has 0 radical (unpaired) electrons. The lowest BCUT2D eigenvalue weighted by atomic mass is 9.87. The lowest BCUT2D eigenvalue weighted by Crippen LogP contribution is -2.43. The predicted octanol–water partition coefficient (Wildman–Crippen LogP) is 5.95. The highest BCUT2D eigenvalue weighted by atomic mass is 16.5. The Morgan fingerprint density at radius 3 is 2.49 bits per heavy atom. The summed E-state index contributed by atoms with van der Waals surface area (Å²) in [6, 6.07) is 10.8. The maximum atomic E-state index is 13.9. The second-order valence-corrected chi connectivity index (χ2v) is 10.9. The van der Waals surface area contributed by atoms with Crippen LogP contribution in [0.4, 0.5) is 17.2 Å². The second kappa shape index (κ2) is 13.1. The molecule has 2 heterocycles. The van der Waals surface area contributed by atoms with E-state index in [-0.39, 0.29) is 5.92 Å². The lowest BCUT2D eigenvalue weighted by Gasteiger charge is -2.37. The van der Waals surface area contributed by atoms with Crippen molar-refractivity contribution in [1.29, 1.82) is 0 Å². The Morgan fingerprint density at radius 2 is 1.84 bits per heavy atom. The third-order valence-electron chi connectivity index (χ3n) is 7.80. The molecule has 6 nitrogen and oxygen atoms in total. The first kappa shape index (κ1) is 27.2. The molecule has 1 saturated heterocycles. The Balaban J connectivity index is 1.48. The number of hydrogen-bond acceptors (Lipinski definition) is 5. The van der Waals surface area contributed by atoms with Gasteiger partial charge in [-0.25, -0.2) is 4.98 Å². The van der Waals surface area contributed by atoms with Crippen LogP contribution in [0.25, 0.3) is 6.08 Å². The van der Waals surface area contributed by atoms with Crippen molar-refractivity contribution in [2.24, 2.45) is 11.8 Å².